The van der Waals surface area contributed by atoms with Crippen LogP contribution in [0.25, 0.3) is 0 Å². The van der Waals surface area contributed by atoms with Gasteiger partial charge in [-0.15, -0.1) is 0 Å². The maximum Gasteiger partial charge on any atom is 0.132 e. The van der Waals surface area contributed by atoms with Gasteiger partial charge in [0.1, 0.15) is 11.4 Å². The number of hydrogen-bond donors (Lipinski definition) is 1. The molecule has 0 saturated heterocycles. The molecule has 0 fully saturated rings. The summed E-state index contributed by atoms with van der Waals surface area (Å²) in [5, 5.41) is 19.0. The van der Waals surface area contributed by atoms with Crippen molar-refractivity contribution in [1.29, 1.82) is 0 Å². The van der Waals surface area contributed by atoms with E-state index in [2.05, 4.69) is 51.1 Å². The third-order valence-corrected chi connectivity index (χ3v) is 4.24. The molecule has 0 radical (unpaired) electrons. The quantitative estimate of drug-likeness (QED) is 0.863. The summed E-state index contributed by atoms with van der Waals surface area (Å²) in [6.45, 7) is 10.3. The fraction of sp³-hybridized carbons (Fsp3) is 0.316. The Morgan fingerprint density at radius 3 is 1.78 bits per heavy atom. The Labute approximate surface area is 138 Å². The topological polar surface area (TPSA) is 60.4 Å². The fourth-order valence-electron chi connectivity index (χ4n) is 2.61. The number of benzene rings is 2. The average Bonchev–Trinajstić information content (AvgIpc) is 2.59. The maximum absolute atomic E-state index is 10.2. The van der Waals surface area contributed by atoms with Crippen molar-refractivity contribution >= 4 is 11.7 Å². The van der Waals surface area contributed by atoms with E-state index in [1.54, 1.807) is 6.07 Å². The number of carbonyl (C=O) groups excluding carboxylic acids is 1. The van der Waals surface area contributed by atoms with Crippen LogP contribution in [0.15, 0.2) is 54.6 Å². The zero-order valence-corrected chi connectivity index (χ0v) is 14.0. The van der Waals surface area contributed by atoms with Gasteiger partial charge in [0.2, 0.25) is 0 Å². The SMILES string of the molecule is CC[N+](CC)(CC)c1ccccc1.O=C([O-])c1ccccc1O. The molecule has 0 aliphatic rings. The van der Waals surface area contributed by atoms with Crippen LogP contribution in [0.1, 0.15) is 31.1 Å². The number of hydrogen-bond acceptors (Lipinski definition) is 3. The monoisotopic (exact) mass is 315 g/mol. The van der Waals surface area contributed by atoms with Crippen molar-refractivity contribution in [2.45, 2.75) is 20.8 Å². The van der Waals surface area contributed by atoms with E-state index in [-0.39, 0.29) is 11.3 Å². The van der Waals surface area contributed by atoms with Crippen LogP contribution in [0.2, 0.25) is 0 Å². The highest BCUT2D eigenvalue weighted by atomic mass is 16.4. The Balaban J connectivity index is 0.000000238. The van der Waals surface area contributed by atoms with Crippen molar-refractivity contribution in [2.24, 2.45) is 0 Å². The third kappa shape index (κ3) is 4.83. The van der Waals surface area contributed by atoms with Crippen LogP contribution in [-0.4, -0.2) is 30.7 Å². The first-order chi connectivity index (χ1) is 11.0. The largest absolute Gasteiger partial charge is 0.545 e. The standard InChI is InChI=1S/C12H20N.C7H6O3/c1-4-13(5-2,6-3)12-10-8-7-9-11-12;8-6-4-2-1-3-5(6)7(9)10/h7-11H,4-6H2,1-3H3;1-4,8H,(H,9,10)/q+1;/p-1. The van der Waals surface area contributed by atoms with Gasteiger partial charge in [0.25, 0.3) is 0 Å². The molecule has 0 unspecified atom stereocenters. The summed E-state index contributed by atoms with van der Waals surface area (Å²) in [6.07, 6.45) is 0. The molecule has 0 bridgehead atoms. The van der Waals surface area contributed by atoms with E-state index in [1.165, 1.54) is 43.5 Å². The second kappa shape index (κ2) is 8.96. The second-order valence-corrected chi connectivity index (χ2v) is 5.23. The third-order valence-electron chi connectivity index (χ3n) is 4.24. The number of aromatic carboxylic acids is 1. The first kappa shape index (κ1) is 18.7. The van der Waals surface area contributed by atoms with Crippen LogP contribution in [0.3, 0.4) is 0 Å². The molecule has 0 heterocycles. The minimum absolute atomic E-state index is 0.178. The minimum Gasteiger partial charge on any atom is -0.545 e. The summed E-state index contributed by atoms with van der Waals surface area (Å²) in [4.78, 5) is 10.2. The van der Waals surface area contributed by atoms with E-state index in [4.69, 9.17) is 5.11 Å². The smallest absolute Gasteiger partial charge is 0.132 e. The molecule has 1 N–H and O–H groups in total. The summed E-state index contributed by atoms with van der Waals surface area (Å²) in [5.41, 5.74) is 1.26. The van der Waals surface area contributed by atoms with Crippen LogP contribution in [0.4, 0.5) is 5.69 Å². The number of phenols is 1. The van der Waals surface area contributed by atoms with Gasteiger partial charge in [-0.25, -0.2) is 0 Å². The number of quaternary nitrogens is 1. The van der Waals surface area contributed by atoms with Crippen molar-refractivity contribution in [1.82, 2.24) is 4.48 Å². The fourth-order valence-corrected chi connectivity index (χ4v) is 2.61. The molecule has 4 nitrogen and oxygen atoms in total. The molecule has 0 aliphatic carbocycles. The summed E-state index contributed by atoms with van der Waals surface area (Å²) in [5.74, 6) is -1.62. The van der Waals surface area contributed by atoms with E-state index in [9.17, 15) is 9.90 Å². The summed E-state index contributed by atoms with van der Waals surface area (Å²) in [7, 11) is 0. The van der Waals surface area contributed by atoms with Gasteiger partial charge < -0.3 is 15.0 Å². The summed E-state index contributed by atoms with van der Waals surface area (Å²) < 4.78 is 1.10. The van der Waals surface area contributed by atoms with Crippen LogP contribution in [-0.2, 0) is 0 Å². The zero-order chi connectivity index (χ0) is 17.3. The minimum atomic E-state index is -1.36. The lowest BCUT2D eigenvalue weighted by Crippen LogP contribution is -2.48. The lowest BCUT2D eigenvalue weighted by Gasteiger charge is -2.35. The van der Waals surface area contributed by atoms with E-state index in [0.29, 0.717) is 0 Å². The Morgan fingerprint density at radius 2 is 1.39 bits per heavy atom. The molecule has 0 atom stereocenters. The highest BCUT2D eigenvalue weighted by Crippen LogP contribution is 2.21. The molecule has 124 valence electrons. The van der Waals surface area contributed by atoms with Gasteiger partial charge in [0.15, 0.2) is 0 Å². The van der Waals surface area contributed by atoms with Gasteiger partial charge in [-0.1, -0.05) is 30.3 Å². The van der Waals surface area contributed by atoms with E-state index >= 15 is 0 Å². The van der Waals surface area contributed by atoms with Crippen LogP contribution in [0, 0.1) is 0 Å². The highest BCUT2D eigenvalue weighted by molar-refractivity contribution is 5.88. The number of carboxylic acid groups (broad SMARTS) is 1. The second-order valence-electron chi connectivity index (χ2n) is 5.23. The average molecular weight is 315 g/mol. The van der Waals surface area contributed by atoms with Gasteiger partial charge >= 0.3 is 0 Å². The number of carbonyl (C=O) groups is 1. The van der Waals surface area contributed by atoms with Crippen LogP contribution < -0.4 is 9.59 Å². The van der Waals surface area contributed by atoms with E-state index in [1.807, 2.05) is 0 Å². The van der Waals surface area contributed by atoms with Gasteiger partial charge in [0, 0.05) is 5.56 Å². The van der Waals surface area contributed by atoms with E-state index in [0.717, 1.165) is 4.48 Å². The number of carboxylic acids is 1. The Hall–Kier alpha value is -2.33. The number of para-hydroxylation sites is 2. The van der Waals surface area contributed by atoms with Gasteiger partial charge in [-0.3, -0.25) is 4.48 Å². The molecule has 2 aromatic carbocycles. The zero-order valence-electron chi connectivity index (χ0n) is 14.0. The molecule has 23 heavy (non-hydrogen) atoms. The highest BCUT2D eigenvalue weighted by Gasteiger charge is 2.23. The van der Waals surface area contributed by atoms with Crippen molar-refractivity contribution in [3.8, 4) is 5.75 Å². The summed E-state index contributed by atoms with van der Waals surface area (Å²) in [6, 6.07) is 16.4. The molecule has 0 aliphatic heterocycles. The molecule has 2 aromatic rings. The Morgan fingerprint density at radius 1 is 0.913 bits per heavy atom. The molecular formula is C19H25NO3. The van der Waals surface area contributed by atoms with Gasteiger partial charge in [0.05, 0.1) is 25.6 Å². The molecule has 0 amide bonds. The Kier molecular flexibility index (Phi) is 7.29. The van der Waals surface area contributed by atoms with Crippen molar-refractivity contribution < 1.29 is 15.0 Å². The van der Waals surface area contributed by atoms with Crippen molar-refractivity contribution in [2.75, 3.05) is 19.6 Å². The number of nitrogens with zero attached hydrogens (tertiary/aromatic N) is 1. The maximum atomic E-state index is 10.2. The number of aromatic hydroxyl groups is 1. The first-order valence-corrected chi connectivity index (χ1v) is 7.91. The van der Waals surface area contributed by atoms with Gasteiger partial charge in [-0.05, 0) is 45.0 Å². The molecule has 0 spiro atoms. The predicted molar refractivity (Wildman–Crippen MR) is 92.3 cm³/mol. The molecule has 2 rings (SSSR count). The lowest BCUT2D eigenvalue weighted by molar-refractivity contribution is -0.255. The predicted octanol–water partition coefficient (Wildman–Crippen LogP) is 2.81. The summed E-state index contributed by atoms with van der Waals surface area (Å²) >= 11 is 0. The van der Waals surface area contributed by atoms with Crippen LogP contribution in [0.5, 0.6) is 5.75 Å². The molecular weight excluding hydrogens is 290 g/mol. The molecule has 0 aromatic heterocycles. The number of rotatable bonds is 5. The first-order valence-electron chi connectivity index (χ1n) is 7.91. The molecule has 0 saturated carbocycles. The van der Waals surface area contributed by atoms with Crippen molar-refractivity contribution in [3.63, 3.8) is 0 Å². The lowest BCUT2D eigenvalue weighted by atomic mass is 10.2. The normalized spacial score (nSPS) is 10.6. The molecule has 4 heteroatoms. The van der Waals surface area contributed by atoms with Crippen LogP contribution >= 0.6 is 0 Å². The van der Waals surface area contributed by atoms with E-state index < -0.39 is 5.97 Å². The van der Waals surface area contributed by atoms with Gasteiger partial charge in [-0.2, -0.15) is 0 Å². The van der Waals surface area contributed by atoms with Crippen molar-refractivity contribution in [3.05, 3.63) is 60.2 Å². The Bertz CT molecular complexity index is 599.